The summed E-state index contributed by atoms with van der Waals surface area (Å²) in [5, 5.41) is 11.4. The highest BCUT2D eigenvalue weighted by Gasteiger charge is 2.32. The van der Waals surface area contributed by atoms with Crippen LogP contribution in [0.15, 0.2) is 48.4 Å². The smallest absolute Gasteiger partial charge is 0.231 e. The van der Waals surface area contributed by atoms with Gasteiger partial charge in [-0.15, -0.1) is 0 Å². The number of carbonyl (C=O) groups excluding carboxylic acids is 1. The number of benzene rings is 2. The summed E-state index contributed by atoms with van der Waals surface area (Å²) in [5.41, 5.74) is 3.14. The van der Waals surface area contributed by atoms with E-state index in [1.54, 1.807) is 18.2 Å². The zero-order chi connectivity index (χ0) is 18.4. The number of Topliss-reactive ketones (excluding diaryl/α,β-unsaturated/α-hetero) is 1. The summed E-state index contributed by atoms with van der Waals surface area (Å²) in [4.78, 5) is 18.4. The quantitative estimate of drug-likeness (QED) is 0.691. The number of aromatic hydroxyl groups is 1. The van der Waals surface area contributed by atoms with Crippen LogP contribution in [0.25, 0.3) is 17.0 Å². The monoisotopic (exact) mass is 360 g/mol. The van der Waals surface area contributed by atoms with Crippen molar-refractivity contribution in [3.05, 3.63) is 65.0 Å². The Kier molecular flexibility index (Phi) is 3.76. The molecule has 1 saturated heterocycles. The van der Waals surface area contributed by atoms with Gasteiger partial charge in [-0.1, -0.05) is 18.2 Å². The summed E-state index contributed by atoms with van der Waals surface area (Å²) >= 11 is 0. The molecular formula is C22H20N2O3. The Bertz CT molecular complexity index is 1070. The molecule has 5 rings (SSSR count). The Morgan fingerprint density at radius 2 is 1.96 bits per heavy atom. The summed E-state index contributed by atoms with van der Waals surface area (Å²) in [5.74, 6) is 0.834. The maximum atomic E-state index is 12.9. The van der Waals surface area contributed by atoms with Gasteiger partial charge in [0.15, 0.2) is 5.76 Å². The van der Waals surface area contributed by atoms with Gasteiger partial charge in [0.05, 0.1) is 11.1 Å². The normalized spacial score (nSPS) is 18.4. The van der Waals surface area contributed by atoms with Crippen LogP contribution < -0.4 is 4.74 Å². The number of likely N-dealkylation sites (tertiary alicyclic amines) is 1. The van der Waals surface area contributed by atoms with Crippen LogP contribution in [-0.2, 0) is 6.54 Å². The van der Waals surface area contributed by atoms with Crippen molar-refractivity contribution in [1.82, 2.24) is 9.88 Å². The van der Waals surface area contributed by atoms with Gasteiger partial charge in [0.1, 0.15) is 11.5 Å². The second-order valence-electron chi connectivity index (χ2n) is 7.15. The summed E-state index contributed by atoms with van der Waals surface area (Å²) in [6.07, 6.45) is 5.99. The van der Waals surface area contributed by atoms with E-state index in [4.69, 9.17) is 4.74 Å². The first-order chi connectivity index (χ1) is 13.2. The lowest BCUT2D eigenvalue weighted by Gasteiger charge is -2.17. The van der Waals surface area contributed by atoms with E-state index in [9.17, 15) is 9.90 Å². The van der Waals surface area contributed by atoms with E-state index < -0.39 is 0 Å². The summed E-state index contributed by atoms with van der Waals surface area (Å²) in [6.45, 7) is 2.62. The predicted octanol–water partition coefficient (Wildman–Crippen LogP) is 4.09. The number of hydrogen-bond acceptors (Lipinski definition) is 4. The molecule has 2 N–H and O–H groups in total. The first-order valence-corrected chi connectivity index (χ1v) is 9.28. The van der Waals surface area contributed by atoms with Crippen LogP contribution in [0.2, 0.25) is 0 Å². The zero-order valence-electron chi connectivity index (χ0n) is 14.9. The predicted molar refractivity (Wildman–Crippen MR) is 104 cm³/mol. The molecular weight excluding hydrogens is 340 g/mol. The Balaban J connectivity index is 1.53. The van der Waals surface area contributed by atoms with Gasteiger partial charge in [-0.3, -0.25) is 9.69 Å². The van der Waals surface area contributed by atoms with Gasteiger partial charge in [0.25, 0.3) is 0 Å². The Morgan fingerprint density at radius 1 is 1.15 bits per heavy atom. The fourth-order valence-corrected chi connectivity index (χ4v) is 3.97. The molecule has 0 atom stereocenters. The number of nitrogens with one attached hydrogen (secondary N) is 1. The van der Waals surface area contributed by atoms with E-state index in [2.05, 4.69) is 9.88 Å². The van der Waals surface area contributed by atoms with Gasteiger partial charge in [0, 0.05) is 29.2 Å². The van der Waals surface area contributed by atoms with E-state index in [-0.39, 0.29) is 11.5 Å². The number of hydrogen-bond donors (Lipinski definition) is 2. The third-order valence-corrected chi connectivity index (χ3v) is 5.40. The molecule has 1 fully saturated rings. The Hall–Kier alpha value is -3.05. The van der Waals surface area contributed by atoms with Crippen molar-refractivity contribution in [2.75, 3.05) is 13.1 Å². The minimum atomic E-state index is -0.141. The molecule has 5 nitrogen and oxygen atoms in total. The molecule has 0 aliphatic carbocycles. The number of rotatable bonds is 3. The average Bonchev–Trinajstić information content (AvgIpc) is 3.39. The highest BCUT2D eigenvalue weighted by Crippen LogP contribution is 2.40. The van der Waals surface area contributed by atoms with E-state index in [0.717, 1.165) is 29.6 Å². The molecule has 0 unspecified atom stereocenters. The molecule has 5 heteroatoms. The molecule has 0 amide bonds. The standard InChI is InChI=1S/C22H20N2O3/c25-19-8-7-16-21(26)20(11-14-12-23-18-6-2-1-5-15(14)18)27-22(16)17(19)13-24-9-3-4-10-24/h1-2,5-8,11-12,23,25H,3-4,9-10,13H2/b20-11+. The maximum absolute atomic E-state index is 12.9. The van der Waals surface area contributed by atoms with E-state index in [0.29, 0.717) is 29.2 Å². The second kappa shape index (κ2) is 6.28. The largest absolute Gasteiger partial charge is 0.507 e. The van der Waals surface area contributed by atoms with Crippen LogP contribution in [-0.4, -0.2) is 33.9 Å². The number of aromatic amines is 1. The third kappa shape index (κ3) is 2.71. The number of ether oxygens (including phenoxy) is 1. The number of phenols is 1. The molecule has 27 heavy (non-hydrogen) atoms. The molecule has 2 aromatic carbocycles. The Labute approximate surface area is 156 Å². The summed E-state index contributed by atoms with van der Waals surface area (Å²) in [6, 6.07) is 11.2. The molecule has 0 spiro atoms. The minimum Gasteiger partial charge on any atom is -0.507 e. The molecule has 2 aliphatic rings. The van der Waals surface area contributed by atoms with Crippen molar-refractivity contribution in [3.8, 4) is 11.5 Å². The maximum Gasteiger partial charge on any atom is 0.231 e. The molecule has 0 bridgehead atoms. The van der Waals surface area contributed by atoms with Crippen molar-refractivity contribution >= 4 is 22.8 Å². The van der Waals surface area contributed by atoms with Crippen LogP contribution >= 0.6 is 0 Å². The SMILES string of the molecule is O=C1/C(=C\c2c[nH]c3ccccc23)Oc2c1ccc(O)c2CN1CCCC1. The fraction of sp³-hybridized carbons (Fsp3) is 0.227. The van der Waals surface area contributed by atoms with Crippen LogP contribution in [0.3, 0.4) is 0 Å². The molecule has 0 radical (unpaired) electrons. The van der Waals surface area contributed by atoms with E-state index in [1.807, 2.05) is 30.5 Å². The van der Waals surface area contributed by atoms with E-state index in [1.165, 1.54) is 12.8 Å². The lowest BCUT2D eigenvalue weighted by molar-refractivity contribution is 0.101. The van der Waals surface area contributed by atoms with Crippen LogP contribution in [0.5, 0.6) is 11.5 Å². The van der Waals surface area contributed by atoms with Crippen LogP contribution in [0.1, 0.15) is 34.3 Å². The number of fused-ring (bicyclic) bond motifs is 2. The van der Waals surface area contributed by atoms with Gasteiger partial charge in [0.2, 0.25) is 5.78 Å². The fourth-order valence-electron chi connectivity index (χ4n) is 3.97. The first kappa shape index (κ1) is 16.1. The van der Waals surface area contributed by atoms with Crippen molar-refractivity contribution < 1.29 is 14.6 Å². The molecule has 3 aromatic rings. The van der Waals surface area contributed by atoms with Crippen molar-refractivity contribution in [2.45, 2.75) is 19.4 Å². The topological polar surface area (TPSA) is 65.6 Å². The Morgan fingerprint density at radius 3 is 2.81 bits per heavy atom. The van der Waals surface area contributed by atoms with Gasteiger partial charge in [-0.05, 0) is 50.2 Å². The first-order valence-electron chi connectivity index (χ1n) is 9.28. The minimum absolute atomic E-state index is 0.141. The summed E-state index contributed by atoms with van der Waals surface area (Å²) in [7, 11) is 0. The lowest BCUT2D eigenvalue weighted by Crippen LogP contribution is -2.18. The number of nitrogens with zero attached hydrogens (tertiary/aromatic N) is 1. The highest BCUT2D eigenvalue weighted by molar-refractivity contribution is 6.15. The van der Waals surface area contributed by atoms with Crippen molar-refractivity contribution in [3.63, 3.8) is 0 Å². The number of allylic oxidation sites excluding steroid dienone is 1. The number of phenolic OH excluding ortho intramolecular Hbond substituents is 1. The number of para-hydroxylation sites is 1. The summed E-state index contributed by atoms with van der Waals surface area (Å²) < 4.78 is 5.97. The number of aromatic nitrogens is 1. The van der Waals surface area contributed by atoms with Crippen LogP contribution in [0, 0.1) is 0 Å². The van der Waals surface area contributed by atoms with Crippen molar-refractivity contribution in [1.29, 1.82) is 0 Å². The molecule has 2 aliphatic heterocycles. The number of ketones is 1. The van der Waals surface area contributed by atoms with E-state index >= 15 is 0 Å². The number of carbonyl (C=O) groups is 1. The third-order valence-electron chi connectivity index (χ3n) is 5.40. The molecule has 0 saturated carbocycles. The molecule has 1 aromatic heterocycles. The van der Waals surface area contributed by atoms with Gasteiger partial charge in [-0.25, -0.2) is 0 Å². The van der Waals surface area contributed by atoms with Crippen molar-refractivity contribution in [2.24, 2.45) is 0 Å². The molecule has 136 valence electrons. The van der Waals surface area contributed by atoms with Gasteiger partial charge in [-0.2, -0.15) is 0 Å². The highest BCUT2D eigenvalue weighted by atomic mass is 16.5. The second-order valence-corrected chi connectivity index (χ2v) is 7.15. The van der Waals surface area contributed by atoms with Gasteiger partial charge >= 0.3 is 0 Å². The molecule has 3 heterocycles. The number of H-pyrrole nitrogens is 1. The average molecular weight is 360 g/mol. The lowest BCUT2D eigenvalue weighted by atomic mass is 10.0. The van der Waals surface area contributed by atoms with Crippen LogP contribution in [0.4, 0.5) is 0 Å². The zero-order valence-corrected chi connectivity index (χ0v) is 14.9. The van der Waals surface area contributed by atoms with Gasteiger partial charge < -0.3 is 14.8 Å².